The number of phenolic OH excluding ortho intramolecular Hbond substituents is 2. The van der Waals surface area contributed by atoms with E-state index in [0.29, 0.717) is 51.5 Å². The van der Waals surface area contributed by atoms with Crippen LogP contribution in [0.15, 0.2) is 133 Å². The Bertz CT molecular complexity index is 4280. The summed E-state index contributed by atoms with van der Waals surface area (Å²) in [5, 5.41) is 30.6. The molecule has 0 amide bonds. The van der Waals surface area contributed by atoms with Crippen LogP contribution in [0.4, 0.5) is 8.78 Å². The number of aromatic nitrogens is 2. The number of benzene rings is 8. The third-order valence-electron chi connectivity index (χ3n) is 19.8. The average Bonchev–Trinajstić information content (AvgIpc) is 1.56. The minimum Gasteiger partial charge on any atom is -0.505 e. The normalized spacial score (nSPS) is 14.3. The molecule has 3 heterocycles. The van der Waals surface area contributed by atoms with Gasteiger partial charge in [-0.25, -0.2) is 8.78 Å². The van der Waals surface area contributed by atoms with Gasteiger partial charge in [-0.05, 0) is 213 Å². The summed E-state index contributed by atoms with van der Waals surface area (Å²) in [6, 6.07) is 44.0. The summed E-state index contributed by atoms with van der Waals surface area (Å²) in [5.74, 6) is -0.115. The monoisotopic (exact) mass is 1460 g/mol. The topological polar surface area (TPSA) is 81.6 Å². The van der Waals surface area contributed by atoms with Crippen LogP contribution in [-0.4, -0.2) is 57.6 Å². The molecular weight excluding hydrogens is 1340 g/mol. The quantitative estimate of drug-likeness (QED) is 0.0646. The fraction of sp³-hybridized carbons (Fsp3) is 0.473. The molecule has 11 heteroatoms. The van der Waals surface area contributed by atoms with Crippen LogP contribution in [0.3, 0.4) is 0 Å². The Morgan fingerprint density at radius 3 is 0.933 bits per heavy atom. The molecule has 2 atom stereocenters. The van der Waals surface area contributed by atoms with Gasteiger partial charge >= 0.3 is 0 Å². The molecule has 7 nitrogen and oxygen atoms in total. The van der Waals surface area contributed by atoms with E-state index in [1.54, 1.807) is 12.1 Å². The van der Waals surface area contributed by atoms with E-state index < -0.39 is 31.9 Å². The maximum absolute atomic E-state index is 16.1. The number of phenols is 2. The van der Waals surface area contributed by atoms with Crippen molar-refractivity contribution >= 4 is 51.7 Å². The summed E-state index contributed by atoms with van der Waals surface area (Å²) in [6.45, 7) is 66.0. The molecular formula is C93H124F2N2O5ScSi. The molecule has 8 aromatic carbocycles. The Morgan fingerprint density at radius 1 is 0.413 bits per heavy atom. The molecule has 11 rings (SSSR count). The third kappa shape index (κ3) is 19.6. The van der Waals surface area contributed by atoms with Crippen molar-refractivity contribution in [1.82, 2.24) is 9.13 Å². The molecule has 1 aliphatic rings. The number of hydrogen-bond donors (Lipinski definition) is 2. The van der Waals surface area contributed by atoms with Gasteiger partial charge in [0.2, 0.25) is 0 Å². The molecule has 1 radical (unpaired) electrons. The maximum atomic E-state index is 16.1. The molecule has 104 heavy (non-hydrogen) atoms. The Hall–Kier alpha value is -6.53. The molecule has 1 fully saturated rings. The maximum Gasteiger partial charge on any atom is 0.147 e. The van der Waals surface area contributed by atoms with Crippen molar-refractivity contribution in [2.45, 2.75) is 263 Å². The van der Waals surface area contributed by atoms with Gasteiger partial charge in [-0.1, -0.05) is 196 Å². The summed E-state index contributed by atoms with van der Waals surface area (Å²) in [6.07, 6.45) is 3.69. The zero-order valence-corrected chi connectivity index (χ0v) is 71.2. The van der Waals surface area contributed by atoms with Crippen molar-refractivity contribution in [3.05, 3.63) is 185 Å². The number of ether oxygens (including phenoxy) is 3. The van der Waals surface area contributed by atoms with E-state index in [4.69, 9.17) is 9.47 Å². The number of rotatable bonds is 14. The average molecular weight is 1460 g/mol. The Balaban J connectivity index is 0.00000115. The predicted molar refractivity (Wildman–Crippen MR) is 439 cm³/mol. The molecule has 0 unspecified atom stereocenters. The van der Waals surface area contributed by atoms with E-state index in [0.717, 1.165) is 80.8 Å². The molecule has 10 aromatic rings. The van der Waals surface area contributed by atoms with Gasteiger partial charge in [0.05, 0.1) is 45.6 Å². The van der Waals surface area contributed by atoms with Crippen LogP contribution in [-0.2, 0) is 58.3 Å². The largest absolute Gasteiger partial charge is 0.505 e. The fourth-order valence-electron chi connectivity index (χ4n) is 15.2. The number of fused-ring (bicyclic) bond motifs is 6. The van der Waals surface area contributed by atoms with Gasteiger partial charge in [0.1, 0.15) is 47.8 Å². The van der Waals surface area contributed by atoms with Crippen LogP contribution in [0.25, 0.3) is 77.2 Å². The molecule has 0 saturated carbocycles. The van der Waals surface area contributed by atoms with Crippen molar-refractivity contribution in [1.29, 1.82) is 0 Å². The van der Waals surface area contributed by atoms with Crippen molar-refractivity contribution in [2.75, 3.05) is 13.2 Å². The van der Waals surface area contributed by atoms with E-state index >= 15 is 8.78 Å². The van der Waals surface area contributed by atoms with Gasteiger partial charge in [0.15, 0.2) is 0 Å². The van der Waals surface area contributed by atoms with Crippen molar-refractivity contribution in [2.24, 2.45) is 10.8 Å². The number of aromatic hydroxyl groups is 2. The number of halogens is 2. The molecule has 1 aliphatic heterocycles. The van der Waals surface area contributed by atoms with E-state index in [1.807, 2.05) is 26.0 Å². The van der Waals surface area contributed by atoms with E-state index in [1.165, 1.54) is 59.4 Å². The third-order valence-corrected chi connectivity index (χ3v) is 19.8. The summed E-state index contributed by atoms with van der Waals surface area (Å²) in [7, 11) is -0.861. The molecule has 0 bridgehead atoms. The predicted octanol–water partition coefficient (Wildman–Crippen LogP) is 26.2. The Labute approximate surface area is 643 Å². The first-order chi connectivity index (χ1) is 47.3. The molecule has 2 aromatic heterocycles. The van der Waals surface area contributed by atoms with Crippen molar-refractivity contribution in [3.8, 4) is 56.6 Å². The fourth-order valence-corrected chi connectivity index (χ4v) is 15.2. The SMILES string of the molecule is C1CC[OH+]C1.C[C@H](C[C@H](C)Oc1ccc(F)cc1-c1cc(C(C)(C)CC(C)(C)C)cc(-n2c3ccc(C(C)(C)C)cc3c3cc(C(C)(C)C)ccc32)c1O)Oc1ccc(F)cc1-c1cc(C(C)(C)CC(C)(C)C)cc(-n2c3ccc(C(C)(C)C)cc3c3cc(C(C)(C)C)ccc32)c1O.[CH2-][Si](C)(C)C.[Sc]. The van der Waals surface area contributed by atoms with Crippen LogP contribution in [0.1, 0.15) is 232 Å². The van der Waals surface area contributed by atoms with Gasteiger partial charge in [-0.3, -0.25) is 0 Å². The van der Waals surface area contributed by atoms with Gasteiger partial charge < -0.3 is 40.1 Å². The summed E-state index contributed by atoms with van der Waals surface area (Å²) in [4.78, 5) is 0. The second-order valence-electron chi connectivity index (χ2n) is 38.9. The zero-order valence-electron chi connectivity index (χ0n) is 68.4. The van der Waals surface area contributed by atoms with E-state index in [-0.39, 0.29) is 80.7 Å². The second-order valence-corrected chi connectivity index (χ2v) is 44.1. The summed E-state index contributed by atoms with van der Waals surface area (Å²) < 4.78 is 54.6. The summed E-state index contributed by atoms with van der Waals surface area (Å²) >= 11 is 0. The number of nitrogens with zero attached hydrogens (tertiary/aromatic N) is 2. The van der Waals surface area contributed by atoms with Crippen LogP contribution in [0, 0.1) is 29.0 Å². The molecule has 1 saturated heterocycles. The standard InChI is InChI=1S/C85H104F2N2O4.C4H8O.C4H11Si.Sc/c1-50(92-74-35-29-58(86)46-64(74)66-42-56(84(21,22)48-78(3,4)5)44-72(76(66)90)88-68-31-25-52(80(9,10)11)38-60(68)61-39-53(81(12,13)14)26-32-69(61)88)37-51(2)93-75-36-30-59(87)47-65(75)67-43-57(85(23,24)49-79(6,7)8)45-73(77(67)91)89-70-33-27-54(82(15,16)17)40-62(70)63-41-55(83(18,19)20)28-34-71(63)89;1-2-4-5-3-1;1-5(2,3)4;/h25-36,38-47,50-51,90-91H,37,48-49H2,1-24H3;1-4H2;1H2,2-4H3;/q;;-1;/p+1/t50-,51+;;;. The molecule has 0 spiro atoms. The number of hydrogen-bond acceptors (Lipinski definition) is 4. The van der Waals surface area contributed by atoms with E-state index in [9.17, 15) is 10.2 Å². The van der Waals surface area contributed by atoms with Gasteiger partial charge in [0.25, 0.3) is 0 Å². The van der Waals surface area contributed by atoms with E-state index in [2.05, 4.69) is 277 Å². The minimum absolute atomic E-state index is 0. The van der Waals surface area contributed by atoms with Crippen molar-refractivity contribution in [3.63, 3.8) is 0 Å². The molecule has 3 N–H and O–H groups in total. The minimum atomic E-state index is -0.861. The molecule has 0 aliphatic carbocycles. The first-order valence-corrected chi connectivity index (χ1v) is 41.4. The second kappa shape index (κ2) is 30.6. The number of aliphatic hydroxyl groups is 2. The molecule has 557 valence electrons. The smallest absolute Gasteiger partial charge is 0.147 e. The Kier molecular flexibility index (Phi) is 24.5. The van der Waals surface area contributed by atoms with Crippen LogP contribution >= 0.6 is 0 Å². The Morgan fingerprint density at radius 2 is 0.692 bits per heavy atom. The summed E-state index contributed by atoms with van der Waals surface area (Å²) in [5.41, 5.74) is 12.3. The van der Waals surface area contributed by atoms with Gasteiger partial charge in [-0.15, -0.1) is 8.07 Å². The van der Waals surface area contributed by atoms with Crippen LogP contribution in [0.5, 0.6) is 23.0 Å². The first-order valence-electron chi connectivity index (χ1n) is 37.7. The van der Waals surface area contributed by atoms with Gasteiger partial charge in [0, 0.05) is 88.9 Å². The van der Waals surface area contributed by atoms with Crippen molar-refractivity contribution < 1.29 is 59.0 Å². The zero-order chi connectivity index (χ0) is 76.4. The van der Waals surface area contributed by atoms with Crippen LogP contribution in [0.2, 0.25) is 19.6 Å². The van der Waals surface area contributed by atoms with Gasteiger partial charge in [-0.2, -0.15) is 0 Å². The first kappa shape index (κ1) is 83.1. The van der Waals surface area contributed by atoms with Crippen LogP contribution < -0.4 is 9.47 Å².